The fourth-order valence-electron chi connectivity index (χ4n) is 3.01. The van der Waals surface area contributed by atoms with E-state index in [2.05, 4.69) is 0 Å². The van der Waals surface area contributed by atoms with Crippen LogP contribution in [0.3, 0.4) is 0 Å². The molecule has 2 aromatic rings. The number of hydrogen-bond acceptors (Lipinski definition) is 4. The largest absolute Gasteiger partial charge is 0.366 e. The molecular formula is C19H18O4S. The molecular weight excluding hydrogens is 324 g/mol. The molecule has 0 heterocycles. The van der Waals surface area contributed by atoms with Gasteiger partial charge >= 0.3 is 0 Å². The number of hydrogen-bond donors (Lipinski definition) is 0. The summed E-state index contributed by atoms with van der Waals surface area (Å²) in [7, 11) is -1.75. The number of Topliss-reactive ketones (excluding diaryl/α,β-unsaturated/α-hetero) is 1. The van der Waals surface area contributed by atoms with Crippen molar-refractivity contribution in [1.29, 1.82) is 0 Å². The molecule has 4 nitrogen and oxygen atoms in total. The molecule has 1 unspecified atom stereocenters. The first-order valence-corrected chi connectivity index (χ1v) is 9.39. The van der Waals surface area contributed by atoms with Crippen LogP contribution >= 0.6 is 0 Å². The van der Waals surface area contributed by atoms with Crippen LogP contribution in [0.2, 0.25) is 0 Å². The summed E-state index contributed by atoms with van der Waals surface area (Å²) in [5, 5.41) is 0. The van der Waals surface area contributed by atoms with Gasteiger partial charge in [0.25, 0.3) is 0 Å². The third-order valence-electron chi connectivity index (χ3n) is 4.43. The van der Waals surface area contributed by atoms with Gasteiger partial charge in [-0.3, -0.25) is 4.79 Å². The number of ketones is 1. The van der Waals surface area contributed by atoms with E-state index in [1.165, 1.54) is 13.4 Å². The van der Waals surface area contributed by atoms with Crippen LogP contribution in [0.4, 0.5) is 0 Å². The highest BCUT2D eigenvalue weighted by molar-refractivity contribution is 7.90. The maximum Gasteiger partial charge on any atom is 0.199 e. The van der Waals surface area contributed by atoms with Crippen LogP contribution in [0.1, 0.15) is 18.1 Å². The fraction of sp³-hybridized carbons (Fsp3) is 0.211. The molecule has 1 atom stereocenters. The molecule has 1 aliphatic carbocycles. The molecule has 0 fully saturated rings. The minimum atomic E-state index is -3.26. The number of carbonyl (C=O) groups excluding carboxylic acids is 1. The van der Waals surface area contributed by atoms with Gasteiger partial charge < -0.3 is 4.74 Å². The summed E-state index contributed by atoms with van der Waals surface area (Å²) in [6.45, 7) is 1.74. The molecule has 0 saturated heterocycles. The van der Waals surface area contributed by atoms with Crippen molar-refractivity contribution in [2.24, 2.45) is 0 Å². The molecule has 5 heteroatoms. The molecule has 0 N–H and O–H groups in total. The molecule has 0 saturated carbocycles. The molecule has 2 aromatic carbocycles. The number of benzene rings is 2. The number of methoxy groups -OCH3 is 1. The van der Waals surface area contributed by atoms with Gasteiger partial charge in [-0.05, 0) is 30.2 Å². The number of carbonyl (C=O) groups is 1. The number of sulfone groups is 1. The molecule has 0 amide bonds. The van der Waals surface area contributed by atoms with Gasteiger partial charge in [-0.25, -0.2) is 8.42 Å². The third-order valence-corrected chi connectivity index (χ3v) is 5.56. The topological polar surface area (TPSA) is 60.4 Å². The van der Waals surface area contributed by atoms with E-state index in [4.69, 9.17) is 4.74 Å². The zero-order chi connectivity index (χ0) is 17.5. The van der Waals surface area contributed by atoms with E-state index in [-0.39, 0.29) is 10.7 Å². The Hall–Kier alpha value is -2.24. The Labute approximate surface area is 141 Å². The first-order valence-electron chi connectivity index (χ1n) is 7.49. The molecule has 124 valence electrons. The van der Waals surface area contributed by atoms with Crippen molar-refractivity contribution in [3.05, 3.63) is 65.7 Å². The van der Waals surface area contributed by atoms with Crippen molar-refractivity contribution < 1.29 is 17.9 Å². The lowest BCUT2D eigenvalue weighted by Crippen LogP contribution is -2.48. The van der Waals surface area contributed by atoms with Crippen molar-refractivity contribution in [3.8, 4) is 0 Å². The molecule has 0 aliphatic heterocycles. The SMILES string of the molecule is COC1(C)C(=O)C(c2ccccc2)=C1c1ccc(S(C)(=O)=O)cc1. The molecule has 0 radical (unpaired) electrons. The highest BCUT2D eigenvalue weighted by atomic mass is 32.2. The lowest BCUT2D eigenvalue weighted by molar-refractivity contribution is -0.129. The average Bonchev–Trinajstić information content (AvgIpc) is 2.58. The van der Waals surface area contributed by atoms with E-state index in [1.54, 1.807) is 31.2 Å². The predicted octanol–water partition coefficient (Wildman–Crippen LogP) is 2.99. The van der Waals surface area contributed by atoms with Crippen LogP contribution in [0.15, 0.2) is 59.5 Å². The lowest BCUT2D eigenvalue weighted by Gasteiger charge is -2.41. The molecule has 0 spiro atoms. The Morgan fingerprint density at radius 3 is 2.00 bits per heavy atom. The Balaban J connectivity index is 2.17. The Bertz CT molecular complexity index is 925. The standard InChI is InChI=1S/C19H18O4S/c1-19(23-2)17(14-9-11-15(12-10-14)24(3,21)22)16(18(19)20)13-7-5-4-6-8-13/h4-12H,1-3H3. The first-order chi connectivity index (χ1) is 11.3. The van der Waals surface area contributed by atoms with Crippen molar-refractivity contribution >= 4 is 26.8 Å². The van der Waals surface area contributed by atoms with Crippen LogP contribution in [0, 0.1) is 0 Å². The zero-order valence-electron chi connectivity index (χ0n) is 13.7. The van der Waals surface area contributed by atoms with Crippen LogP contribution in [0.5, 0.6) is 0 Å². The second-order valence-corrected chi connectivity index (χ2v) is 7.99. The van der Waals surface area contributed by atoms with Crippen LogP contribution < -0.4 is 0 Å². The maximum absolute atomic E-state index is 12.6. The normalized spacial score (nSPS) is 20.9. The van der Waals surface area contributed by atoms with Crippen molar-refractivity contribution in [2.75, 3.05) is 13.4 Å². The first kappa shape index (κ1) is 16.6. The van der Waals surface area contributed by atoms with Gasteiger partial charge in [0.15, 0.2) is 21.2 Å². The summed E-state index contributed by atoms with van der Waals surface area (Å²) in [6.07, 6.45) is 1.17. The van der Waals surface area contributed by atoms with Crippen LogP contribution in [-0.2, 0) is 19.4 Å². The zero-order valence-corrected chi connectivity index (χ0v) is 14.6. The van der Waals surface area contributed by atoms with Crippen LogP contribution in [-0.4, -0.2) is 33.2 Å². The number of ether oxygens (including phenoxy) is 1. The van der Waals surface area contributed by atoms with E-state index in [0.29, 0.717) is 5.57 Å². The summed E-state index contributed by atoms with van der Waals surface area (Å²) in [4.78, 5) is 12.9. The van der Waals surface area contributed by atoms with E-state index < -0.39 is 15.4 Å². The van der Waals surface area contributed by atoms with E-state index >= 15 is 0 Å². The predicted molar refractivity (Wildman–Crippen MR) is 93.2 cm³/mol. The van der Waals surface area contributed by atoms with Gasteiger partial charge in [0.1, 0.15) is 0 Å². The van der Waals surface area contributed by atoms with E-state index in [0.717, 1.165) is 16.7 Å². The molecule has 0 bridgehead atoms. The lowest BCUT2D eigenvalue weighted by atomic mass is 9.67. The minimum absolute atomic E-state index is 0.0709. The van der Waals surface area contributed by atoms with Crippen LogP contribution in [0.25, 0.3) is 11.1 Å². The average molecular weight is 342 g/mol. The quantitative estimate of drug-likeness (QED) is 0.857. The summed E-state index contributed by atoms with van der Waals surface area (Å²) in [5.74, 6) is -0.0709. The summed E-state index contributed by atoms with van der Waals surface area (Å²) in [6, 6.07) is 16.0. The van der Waals surface area contributed by atoms with Gasteiger partial charge in [0, 0.05) is 24.5 Å². The summed E-state index contributed by atoms with van der Waals surface area (Å²) >= 11 is 0. The monoisotopic (exact) mass is 342 g/mol. The smallest absolute Gasteiger partial charge is 0.199 e. The van der Waals surface area contributed by atoms with Gasteiger partial charge in [-0.1, -0.05) is 42.5 Å². The highest BCUT2D eigenvalue weighted by Crippen LogP contribution is 2.48. The van der Waals surface area contributed by atoms with Gasteiger partial charge in [0.05, 0.1) is 4.90 Å². The van der Waals surface area contributed by atoms with E-state index in [9.17, 15) is 13.2 Å². The van der Waals surface area contributed by atoms with Crippen molar-refractivity contribution in [3.63, 3.8) is 0 Å². The van der Waals surface area contributed by atoms with Gasteiger partial charge in [-0.15, -0.1) is 0 Å². The van der Waals surface area contributed by atoms with Gasteiger partial charge in [0.2, 0.25) is 0 Å². The molecule has 24 heavy (non-hydrogen) atoms. The minimum Gasteiger partial charge on any atom is -0.366 e. The Kier molecular flexibility index (Phi) is 3.94. The molecule has 3 rings (SSSR count). The van der Waals surface area contributed by atoms with E-state index in [1.807, 2.05) is 30.3 Å². The second kappa shape index (κ2) is 5.69. The second-order valence-electron chi connectivity index (χ2n) is 5.98. The highest BCUT2D eigenvalue weighted by Gasteiger charge is 2.51. The maximum atomic E-state index is 12.6. The summed E-state index contributed by atoms with van der Waals surface area (Å²) in [5.41, 5.74) is 2.00. The van der Waals surface area contributed by atoms with Crippen molar-refractivity contribution in [1.82, 2.24) is 0 Å². The van der Waals surface area contributed by atoms with Gasteiger partial charge in [-0.2, -0.15) is 0 Å². The third kappa shape index (κ3) is 2.50. The van der Waals surface area contributed by atoms with Crippen molar-refractivity contribution in [2.45, 2.75) is 17.4 Å². The molecule has 1 aliphatic rings. The fourth-order valence-corrected chi connectivity index (χ4v) is 3.64. The molecule has 0 aromatic heterocycles. The Morgan fingerprint density at radius 1 is 0.917 bits per heavy atom. The Morgan fingerprint density at radius 2 is 1.50 bits per heavy atom. The number of rotatable bonds is 4. The summed E-state index contributed by atoms with van der Waals surface area (Å²) < 4.78 is 28.7.